The second-order valence-electron chi connectivity index (χ2n) is 5.69. The molecule has 114 valence electrons. The van der Waals surface area contributed by atoms with Crippen molar-refractivity contribution in [1.29, 1.82) is 0 Å². The molecule has 21 heavy (non-hydrogen) atoms. The van der Waals surface area contributed by atoms with E-state index >= 15 is 0 Å². The zero-order chi connectivity index (χ0) is 15.0. The van der Waals surface area contributed by atoms with Gasteiger partial charge in [0.15, 0.2) is 11.5 Å². The van der Waals surface area contributed by atoms with Crippen molar-refractivity contribution in [2.45, 2.75) is 44.4 Å². The maximum atomic E-state index is 12.0. The Kier molecular flexibility index (Phi) is 3.74. The SMILES string of the molecule is CCc1c(C2(C(=O)O)CCCC2)cc(Cl)c2c1OCCO2. The molecule has 1 fully saturated rings. The topological polar surface area (TPSA) is 55.8 Å². The molecular formula is C16H19ClO4. The van der Waals surface area contributed by atoms with E-state index in [1.54, 1.807) is 6.07 Å². The molecule has 5 heteroatoms. The van der Waals surface area contributed by atoms with Crippen LogP contribution >= 0.6 is 11.6 Å². The lowest BCUT2D eigenvalue weighted by molar-refractivity contribution is -0.143. The lowest BCUT2D eigenvalue weighted by Crippen LogP contribution is -2.34. The van der Waals surface area contributed by atoms with E-state index in [2.05, 4.69) is 0 Å². The molecule has 1 aromatic carbocycles. The van der Waals surface area contributed by atoms with Gasteiger partial charge in [0, 0.05) is 5.56 Å². The van der Waals surface area contributed by atoms with Crippen molar-refractivity contribution in [3.05, 3.63) is 22.2 Å². The maximum Gasteiger partial charge on any atom is 0.314 e. The first kappa shape index (κ1) is 14.5. The van der Waals surface area contributed by atoms with Gasteiger partial charge in [-0.3, -0.25) is 4.79 Å². The zero-order valence-electron chi connectivity index (χ0n) is 12.1. The van der Waals surface area contributed by atoms with E-state index in [9.17, 15) is 9.90 Å². The van der Waals surface area contributed by atoms with E-state index in [0.717, 1.165) is 24.0 Å². The van der Waals surface area contributed by atoms with Gasteiger partial charge < -0.3 is 14.6 Å². The van der Waals surface area contributed by atoms with Crippen molar-refractivity contribution in [3.8, 4) is 11.5 Å². The second-order valence-corrected chi connectivity index (χ2v) is 6.09. The minimum Gasteiger partial charge on any atom is -0.486 e. The molecule has 0 aromatic heterocycles. The van der Waals surface area contributed by atoms with Gasteiger partial charge in [-0.15, -0.1) is 0 Å². The third-order valence-corrected chi connectivity index (χ3v) is 4.89. The quantitative estimate of drug-likeness (QED) is 0.927. The van der Waals surface area contributed by atoms with Crippen molar-refractivity contribution >= 4 is 17.6 Å². The number of ether oxygens (including phenoxy) is 2. The Hall–Kier alpha value is -1.42. The molecule has 0 spiro atoms. The first-order valence-electron chi connectivity index (χ1n) is 7.45. The molecule has 1 aliphatic heterocycles. The molecule has 1 heterocycles. The number of carboxylic acids is 1. The normalized spacial score (nSPS) is 19.5. The van der Waals surface area contributed by atoms with E-state index in [-0.39, 0.29) is 0 Å². The number of rotatable bonds is 3. The molecular weight excluding hydrogens is 292 g/mol. The molecule has 0 unspecified atom stereocenters. The first-order valence-corrected chi connectivity index (χ1v) is 7.83. The van der Waals surface area contributed by atoms with Crippen molar-refractivity contribution in [2.24, 2.45) is 0 Å². The van der Waals surface area contributed by atoms with Crippen molar-refractivity contribution in [2.75, 3.05) is 13.2 Å². The number of hydrogen-bond donors (Lipinski definition) is 1. The molecule has 1 N–H and O–H groups in total. The summed E-state index contributed by atoms with van der Waals surface area (Å²) >= 11 is 6.32. The van der Waals surface area contributed by atoms with Crippen LogP contribution in [-0.2, 0) is 16.6 Å². The molecule has 0 atom stereocenters. The summed E-state index contributed by atoms with van der Waals surface area (Å²) in [6, 6.07) is 1.79. The molecule has 0 amide bonds. The van der Waals surface area contributed by atoms with Gasteiger partial charge in [-0.1, -0.05) is 31.4 Å². The number of benzene rings is 1. The van der Waals surface area contributed by atoms with Crippen LogP contribution < -0.4 is 9.47 Å². The van der Waals surface area contributed by atoms with E-state index in [1.165, 1.54) is 0 Å². The fourth-order valence-electron chi connectivity index (χ4n) is 3.58. The molecule has 1 aromatic rings. The van der Waals surface area contributed by atoms with Gasteiger partial charge in [-0.25, -0.2) is 0 Å². The van der Waals surface area contributed by atoms with Gasteiger partial charge in [0.25, 0.3) is 0 Å². The second kappa shape index (κ2) is 5.41. The molecule has 3 rings (SSSR count). The standard InChI is InChI=1S/C16H19ClO4/c1-2-10-11(16(15(18)19)5-3-4-6-16)9-12(17)14-13(10)20-7-8-21-14/h9H,2-8H2,1H3,(H,18,19). The minimum atomic E-state index is -0.829. The molecule has 0 bridgehead atoms. The monoisotopic (exact) mass is 310 g/mol. The Bertz CT molecular complexity index is 576. The predicted octanol–water partition coefficient (Wildman–Crippen LogP) is 3.57. The maximum absolute atomic E-state index is 12.0. The Morgan fingerprint density at radius 3 is 2.48 bits per heavy atom. The summed E-state index contributed by atoms with van der Waals surface area (Å²) in [5.74, 6) is 0.434. The zero-order valence-corrected chi connectivity index (χ0v) is 12.8. The highest BCUT2D eigenvalue weighted by Crippen LogP contribution is 2.50. The van der Waals surface area contributed by atoms with E-state index in [0.29, 0.717) is 49.0 Å². The van der Waals surface area contributed by atoms with Crippen LogP contribution in [0.2, 0.25) is 5.02 Å². The Morgan fingerprint density at radius 2 is 1.90 bits per heavy atom. The smallest absolute Gasteiger partial charge is 0.314 e. The third kappa shape index (κ3) is 2.16. The van der Waals surface area contributed by atoms with Gasteiger partial charge in [-0.05, 0) is 30.9 Å². The number of carbonyl (C=O) groups is 1. The Balaban J connectivity index is 2.22. The van der Waals surface area contributed by atoms with E-state index < -0.39 is 11.4 Å². The number of fused-ring (bicyclic) bond motifs is 1. The van der Waals surface area contributed by atoms with Gasteiger partial charge in [0.1, 0.15) is 13.2 Å². The minimum absolute atomic E-state index is 0.449. The lowest BCUT2D eigenvalue weighted by Gasteiger charge is -2.31. The van der Waals surface area contributed by atoms with Gasteiger partial charge in [-0.2, -0.15) is 0 Å². The highest BCUT2D eigenvalue weighted by Gasteiger charge is 2.45. The van der Waals surface area contributed by atoms with Gasteiger partial charge >= 0.3 is 5.97 Å². The number of halogens is 1. The van der Waals surface area contributed by atoms with Crippen LogP contribution in [0.25, 0.3) is 0 Å². The summed E-state index contributed by atoms with van der Waals surface area (Å²) in [5, 5.41) is 10.3. The highest BCUT2D eigenvalue weighted by atomic mass is 35.5. The summed E-state index contributed by atoms with van der Waals surface area (Å²) in [5.41, 5.74) is 0.910. The molecule has 1 aliphatic carbocycles. The van der Waals surface area contributed by atoms with E-state index in [1.807, 2.05) is 6.92 Å². The summed E-state index contributed by atoms with van der Waals surface area (Å²) in [6.45, 7) is 2.95. The lowest BCUT2D eigenvalue weighted by atomic mass is 9.76. The van der Waals surface area contributed by atoms with Crippen molar-refractivity contribution in [3.63, 3.8) is 0 Å². The van der Waals surface area contributed by atoms with Crippen molar-refractivity contribution in [1.82, 2.24) is 0 Å². The molecule has 0 radical (unpaired) electrons. The number of hydrogen-bond acceptors (Lipinski definition) is 3. The Labute approximate surface area is 129 Å². The summed E-state index contributed by atoms with van der Waals surface area (Å²) in [4.78, 5) is 12.0. The number of aliphatic carboxylic acids is 1. The summed E-state index contributed by atoms with van der Waals surface area (Å²) in [7, 11) is 0. The van der Waals surface area contributed by atoms with Crippen molar-refractivity contribution < 1.29 is 19.4 Å². The highest BCUT2D eigenvalue weighted by molar-refractivity contribution is 6.32. The predicted molar refractivity (Wildman–Crippen MR) is 79.6 cm³/mol. The summed E-state index contributed by atoms with van der Waals surface area (Å²) < 4.78 is 11.4. The van der Waals surface area contributed by atoms with Crippen LogP contribution in [0.4, 0.5) is 0 Å². The fraction of sp³-hybridized carbons (Fsp3) is 0.562. The van der Waals surface area contributed by atoms with Crippen LogP contribution in [0, 0.1) is 0 Å². The van der Waals surface area contributed by atoms with Gasteiger partial charge in [0.2, 0.25) is 0 Å². The van der Waals surface area contributed by atoms with Gasteiger partial charge in [0.05, 0.1) is 10.4 Å². The molecule has 2 aliphatic rings. The number of carboxylic acid groups (broad SMARTS) is 1. The molecule has 0 saturated heterocycles. The Morgan fingerprint density at radius 1 is 1.29 bits per heavy atom. The van der Waals surface area contributed by atoms with Crippen LogP contribution in [0.1, 0.15) is 43.7 Å². The van der Waals surface area contributed by atoms with Crippen LogP contribution in [0.15, 0.2) is 6.07 Å². The average Bonchev–Trinajstić information content (AvgIpc) is 2.98. The third-order valence-electron chi connectivity index (χ3n) is 4.61. The fourth-order valence-corrected chi connectivity index (χ4v) is 3.83. The largest absolute Gasteiger partial charge is 0.486 e. The first-order chi connectivity index (χ1) is 10.1. The molecule has 1 saturated carbocycles. The average molecular weight is 311 g/mol. The summed E-state index contributed by atoms with van der Waals surface area (Å²) in [6.07, 6.45) is 3.88. The van der Waals surface area contributed by atoms with E-state index in [4.69, 9.17) is 21.1 Å². The molecule has 4 nitrogen and oxygen atoms in total. The van der Waals surface area contributed by atoms with Crippen LogP contribution in [0.3, 0.4) is 0 Å². The van der Waals surface area contributed by atoms with Crippen LogP contribution in [0.5, 0.6) is 11.5 Å². The van der Waals surface area contributed by atoms with Crippen LogP contribution in [-0.4, -0.2) is 24.3 Å².